The highest BCUT2D eigenvalue weighted by molar-refractivity contribution is 5.85. The number of nitrogens with zero attached hydrogens (tertiary/aromatic N) is 2. The molecule has 6 nitrogen and oxygen atoms in total. The van der Waals surface area contributed by atoms with Crippen molar-refractivity contribution in [2.24, 2.45) is 7.05 Å². The molecule has 1 aromatic heterocycles. The molecule has 148 valence electrons. The molecule has 0 fully saturated rings. The van der Waals surface area contributed by atoms with E-state index >= 15 is 0 Å². The van der Waals surface area contributed by atoms with Crippen molar-refractivity contribution in [1.29, 1.82) is 0 Å². The lowest BCUT2D eigenvalue weighted by molar-refractivity contribution is -0.131. The molecular formula is C23H22N2O4. The molecule has 3 N–H and O–H groups in total. The van der Waals surface area contributed by atoms with E-state index in [4.69, 9.17) is 20.3 Å². The minimum absolute atomic E-state index is 0.799. The molecule has 1 heterocycles. The molecule has 2 aromatic carbocycles. The Balaban J connectivity index is 1.97. The maximum atomic E-state index is 10.7. The number of aliphatic hydroxyl groups excluding tert-OH is 1. The summed E-state index contributed by atoms with van der Waals surface area (Å²) in [7, 11) is 1.96. The molecule has 0 saturated carbocycles. The maximum Gasteiger partial charge on any atom is 0.328 e. The highest BCUT2D eigenvalue weighted by Gasteiger charge is 2.16. The second-order valence-corrected chi connectivity index (χ2v) is 6.60. The van der Waals surface area contributed by atoms with E-state index in [1.807, 2.05) is 67.1 Å². The molecule has 0 amide bonds. The number of carboxylic acids is 1. The summed E-state index contributed by atoms with van der Waals surface area (Å²) in [6, 6.07) is 15.3. The summed E-state index contributed by atoms with van der Waals surface area (Å²) in [5.41, 5.74) is 5.38. The normalized spacial score (nSPS) is 11.8. The Morgan fingerprint density at radius 1 is 0.966 bits per heavy atom. The van der Waals surface area contributed by atoms with E-state index in [0.29, 0.717) is 0 Å². The number of aromatic nitrogens is 2. The predicted molar refractivity (Wildman–Crippen MR) is 113 cm³/mol. The first-order chi connectivity index (χ1) is 13.8. The van der Waals surface area contributed by atoms with E-state index in [2.05, 4.69) is 0 Å². The molecule has 0 aliphatic rings. The van der Waals surface area contributed by atoms with Crippen molar-refractivity contribution in [2.45, 2.75) is 13.2 Å². The van der Waals surface area contributed by atoms with E-state index in [1.165, 1.54) is 6.08 Å². The van der Waals surface area contributed by atoms with Crippen LogP contribution in [0.5, 0.6) is 0 Å². The number of imidazole rings is 1. The number of hydrogen-bond donors (Lipinski definition) is 3. The number of benzene rings is 2. The van der Waals surface area contributed by atoms with Crippen LogP contribution in [-0.2, 0) is 11.8 Å². The van der Waals surface area contributed by atoms with E-state index in [9.17, 15) is 4.79 Å². The van der Waals surface area contributed by atoms with E-state index < -0.39 is 12.3 Å². The van der Waals surface area contributed by atoms with Crippen LogP contribution in [0.25, 0.3) is 34.7 Å². The summed E-state index contributed by atoms with van der Waals surface area (Å²) < 4.78 is 2.02. The molecule has 0 aliphatic carbocycles. The molecule has 0 spiro atoms. The molecule has 6 heteroatoms. The molecule has 3 rings (SSSR count). The van der Waals surface area contributed by atoms with Gasteiger partial charge in [0.1, 0.15) is 5.82 Å². The van der Waals surface area contributed by atoms with Crippen LogP contribution in [0.3, 0.4) is 0 Å². The first-order valence-electron chi connectivity index (χ1n) is 9.04. The third-order valence-electron chi connectivity index (χ3n) is 4.57. The van der Waals surface area contributed by atoms with Gasteiger partial charge in [0.2, 0.25) is 0 Å². The number of carboxylic acid groups (broad SMARTS) is 1. The van der Waals surface area contributed by atoms with Crippen molar-refractivity contribution >= 4 is 18.1 Å². The molecule has 0 bridgehead atoms. The van der Waals surface area contributed by atoms with Gasteiger partial charge in [0, 0.05) is 24.3 Å². The zero-order chi connectivity index (χ0) is 21.0. The lowest BCUT2D eigenvalue weighted by Crippen LogP contribution is -1.97. The molecule has 3 aromatic rings. The number of hydrogen-bond acceptors (Lipinski definition) is 4. The largest absolute Gasteiger partial charge is 0.478 e. The van der Waals surface area contributed by atoms with Gasteiger partial charge < -0.3 is 19.9 Å². The van der Waals surface area contributed by atoms with Crippen LogP contribution in [0.1, 0.15) is 17.0 Å². The van der Waals surface area contributed by atoms with Gasteiger partial charge in [-0.05, 0) is 30.2 Å². The quantitative estimate of drug-likeness (QED) is 0.442. The second kappa shape index (κ2) is 8.68. The Morgan fingerprint density at radius 3 is 2.07 bits per heavy atom. The highest BCUT2D eigenvalue weighted by Crippen LogP contribution is 2.32. The third-order valence-corrected chi connectivity index (χ3v) is 4.57. The maximum absolute atomic E-state index is 10.7. The van der Waals surface area contributed by atoms with Crippen molar-refractivity contribution in [3.63, 3.8) is 0 Å². The molecule has 0 atom stereocenters. The number of rotatable bonds is 6. The van der Waals surface area contributed by atoms with Crippen LogP contribution < -0.4 is 0 Å². The van der Waals surface area contributed by atoms with Gasteiger partial charge in [-0.25, -0.2) is 9.78 Å². The van der Waals surface area contributed by atoms with Crippen LogP contribution in [0, 0.1) is 6.92 Å². The predicted octanol–water partition coefficient (Wildman–Crippen LogP) is 3.48. The molecule has 0 radical (unpaired) electrons. The zero-order valence-electron chi connectivity index (χ0n) is 16.1. The minimum Gasteiger partial charge on any atom is -0.478 e. The first-order valence-corrected chi connectivity index (χ1v) is 9.04. The van der Waals surface area contributed by atoms with Crippen LogP contribution in [0.2, 0.25) is 0 Å². The van der Waals surface area contributed by atoms with Gasteiger partial charge in [0.25, 0.3) is 0 Å². The summed E-state index contributed by atoms with van der Waals surface area (Å²) in [6.07, 6.45) is 4.13. The van der Waals surface area contributed by atoms with Gasteiger partial charge in [-0.1, -0.05) is 54.6 Å². The molecule has 0 aliphatic heterocycles. The van der Waals surface area contributed by atoms with Gasteiger partial charge in [-0.15, -0.1) is 0 Å². The van der Waals surface area contributed by atoms with Crippen molar-refractivity contribution in [1.82, 2.24) is 9.55 Å². The van der Waals surface area contributed by atoms with Crippen molar-refractivity contribution in [2.75, 3.05) is 0 Å². The average molecular weight is 390 g/mol. The molecule has 0 unspecified atom stereocenters. The van der Waals surface area contributed by atoms with Crippen molar-refractivity contribution in [3.05, 3.63) is 77.6 Å². The molecular weight excluding hydrogens is 368 g/mol. The Labute approximate surface area is 168 Å². The summed E-state index contributed by atoms with van der Waals surface area (Å²) in [6.45, 7) is 1.94. The highest BCUT2D eigenvalue weighted by atomic mass is 16.5. The fourth-order valence-corrected chi connectivity index (χ4v) is 3.01. The first kappa shape index (κ1) is 20.3. The number of aryl methyl sites for hydroxylation is 1. The number of carbonyl (C=O) groups is 1. The van der Waals surface area contributed by atoms with Crippen molar-refractivity contribution < 1.29 is 20.1 Å². The number of aliphatic hydroxyl groups is 2. The van der Waals surface area contributed by atoms with Crippen molar-refractivity contribution in [3.8, 4) is 22.5 Å². The van der Waals surface area contributed by atoms with E-state index in [0.717, 1.165) is 45.5 Å². The topological polar surface area (TPSA) is 95.6 Å². The summed E-state index contributed by atoms with van der Waals surface area (Å²) in [5, 5.41) is 26.7. The minimum atomic E-state index is -1.48. The molecule has 0 saturated heterocycles. The van der Waals surface area contributed by atoms with Gasteiger partial charge in [-0.2, -0.15) is 0 Å². The van der Waals surface area contributed by atoms with Gasteiger partial charge in [-0.3, -0.25) is 0 Å². The van der Waals surface area contributed by atoms with E-state index in [1.54, 1.807) is 12.2 Å². The summed E-state index contributed by atoms with van der Waals surface area (Å²) >= 11 is 0. The lowest BCUT2D eigenvalue weighted by Gasteiger charge is -2.08. The SMILES string of the molecule is Cc1nc(-c2ccc(/C=C/C(=O)O)cc2)c(-c2ccc(/C=C/C(O)O)cc2)n1C. The molecule has 29 heavy (non-hydrogen) atoms. The number of aliphatic carboxylic acids is 1. The lowest BCUT2D eigenvalue weighted by atomic mass is 10.0. The third kappa shape index (κ3) is 4.87. The standard InChI is InChI=1S/C23H22N2O4/c1-15-24-22(18-9-3-16(4-10-18)7-13-20(26)27)23(25(15)2)19-11-5-17(6-12-19)8-14-21(28)29/h3-14,21,28-29H,1-2H3,(H,26,27)/b13-7+,14-8+. The Kier molecular flexibility index (Phi) is 6.07. The van der Waals surface area contributed by atoms with Crippen LogP contribution in [0.15, 0.2) is 60.7 Å². The zero-order valence-corrected chi connectivity index (χ0v) is 16.1. The van der Waals surface area contributed by atoms with Crippen LogP contribution in [0.4, 0.5) is 0 Å². The fourth-order valence-electron chi connectivity index (χ4n) is 3.01. The van der Waals surface area contributed by atoms with Gasteiger partial charge in [0.05, 0.1) is 11.4 Å². The second-order valence-electron chi connectivity index (χ2n) is 6.60. The summed E-state index contributed by atoms with van der Waals surface area (Å²) in [4.78, 5) is 15.4. The van der Waals surface area contributed by atoms with Gasteiger partial charge >= 0.3 is 5.97 Å². The summed E-state index contributed by atoms with van der Waals surface area (Å²) in [5.74, 6) is -0.110. The fraction of sp³-hybridized carbons (Fsp3) is 0.130. The van der Waals surface area contributed by atoms with Crippen LogP contribution in [-0.4, -0.2) is 37.1 Å². The van der Waals surface area contributed by atoms with Gasteiger partial charge in [0.15, 0.2) is 6.29 Å². The Hall–Kier alpha value is -3.48. The monoisotopic (exact) mass is 390 g/mol. The van der Waals surface area contributed by atoms with E-state index in [-0.39, 0.29) is 0 Å². The Morgan fingerprint density at radius 2 is 1.52 bits per heavy atom. The van der Waals surface area contributed by atoms with Crippen LogP contribution >= 0.6 is 0 Å². The Bertz CT molecular complexity index is 1060. The average Bonchev–Trinajstić information content (AvgIpc) is 3.00. The smallest absolute Gasteiger partial charge is 0.328 e.